The molecule has 0 aliphatic carbocycles. The number of hydrogen-bond donors (Lipinski definition) is 0. The fourth-order valence-corrected chi connectivity index (χ4v) is 2.52. The van der Waals surface area contributed by atoms with Crippen LogP contribution >= 0.6 is 11.3 Å². The summed E-state index contributed by atoms with van der Waals surface area (Å²) in [6.07, 6.45) is 2.90. The van der Waals surface area contributed by atoms with Crippen LogP contribution in [0.4, 0.5) is 0 Å². The summed E-state index contributed by atoms with van der Waals surface area (Å²) >= 11 is 1.51. The lowest BCUT2D eigenvalue weighted by atomic mass is 10.1. The average Bonchev–Trinajstić information content (AvgIpc) is 2.82. The van der Waals surface area contributed by atoms with Crippen molar-refractivity contribution in [2.75, 3.05) is 0 Å². The molecule has 2 aromatic rings. The van der Waals surface area contributed by atoms with E-state index in [1.54, 1.807) is 0 Å². The smallest absolute Gasteiger partial charge is 0.160 e. The number of aromatic nitrogens is 2. The van der Waals surface area contributed by atoms with Crippen molar-refractivity contribution < 1.29 is 4.79 Å². The lowest BCUT2D eigenvalue weighted by Gasteiger charge is -2.02. The minimum atomic E-state index is 0.387. The standard InChI is InChI=1S/C12H14N2OS/c1-8(2)12-10(6-14(3)13-12)11-5-4-9(7-15)16-11/h4-8H,1-3H3. The minimum Gasteiger partial charge on any atom is -0.297 e. The molecule has 0 atom stereocenters. The third-order valence-corrected chi connectivity index (χ3v) is 3.46. The van der Waals surface area contributed by atoms with E-state index in [9.17, 15) is 4.79 Å². The molecule has 4 heteroatoms. The number of carbonyl (C=O) groups is 1. The maximum atomic E-state index is 10.7. The number of aryl methyl sites for hydroxylation is 1. The normalized spacial score (nSPS) is 11.0. The number of thiophene rings is 1. The molecule has 16 heavy (non-hydrogen) atoms. The lowest BCUT2D eigenvalue weighted by molar-refractivity contribution is 0.112. The molecule has 3 nitrogen and oxygen atoms in total. The monoisotopic (exact) mass is 234 g/mol. The van der Waals surface area contributed by atoms with Crippen molar-refractivity contribution in [3.8, 4) is 10.4 Å². The van der Waals surface area contributed by atoms with Gasteiger partial charge in [-0.25, -0.2) is 0 Å². The maximum absolute atomic E-state index is 10.7. The molecule has 0 N–H and O–H groups in total. The van der Waals surface area contributed by atoms with Crippen LogP contribution in [0, 0.1) is 0 Å². The van der Waals surface area contributed by atoms with Crippen LogP contribution < -0.4 is 0 Å². The van der Waals surface area contributed by atoms with E-state index in [0.29, 0.717) is 5.92 Å². The molecule has 2 aromatic heterocycles. The maximum Gasteiger partial charge on any atom is 0.160 e. The Morgan fingerprint density at radius 2 is 2.19 bits per heavy atom. The van der Waals surface area contributed by atoms with Crippen LogP contribution in [0.2, 0.25) is 0 Å². The summed E-state index contributed by atoms with van der Waals surface area (Å²) in [4.78, 5) is 12.5. The molecule has 0 radical (unpaired) electrons. The number of rotatable bonds is 3. The van der Waals surface area contributed by atoms with E-state index >= 15 is 0 Å². The van der Waals surface area contributed by atoms with Gasteiger partial charge in [0.2, 0.25) is 0 Å². The molecule has 84 valence electrons. The van der Waals surface area contributed by atoms with Gasteiger partial charge in [-0.3, -0.25) is 9.48 Å². The Hall–Kier alpha value is -1.42. The fraction of sp³-hybridized carbons (Fsp3) is 0.333. The highest BCUT2D eigenvalue weighted by molar-refractivity contribution is 7.17. The highest BCUT2D eigenvalue weighted by atomic mass is 32.1. The average molecular weight is 234 g/mol. The van der Waals surface area contributed by atoms with Gasteiger partial charge in [0.05, 0.1) is 10.6 Å². The van der Waals surface area contributed by atoms with E-state index < -0.39 is 0 Å². The highest BCUT2D eigenvalue weighted by Crippen LogP contribution is 2.32. The van der Waals surface area contributed by atoms with Crippen molar-refractivity contribution in [2.45, 2.75) is 19.8 Å². The Balaban J connectivity index is 2.50. The summed E-state index contributed by atoms with van der Waals surface area (Å²) in [7, 11) is 1.92. The van der Waals surface area contributed by atoms with Crippen LogP contribution in [-0.4, -0.2) is 16.1 Å². The Morgan fingerprint density at radius 3 is 2.75 bits per heavy atom. The second-order valence-electron chi connectivity index (χ2n) is 4.08. The number of nitrogens with zero attached hydrogens (tertiary/aromatic N) is 2. The number of carbonyl (C=O) groups excluding carboxylic acids is 1. The molecule has 0 aromatic carbocycles. The van der Waals surface area contributed by atoms with Gasteiger partial charge in [-0.05, 0) is 18.1 Å². The van der Waals surface area contributed by atoms with Gasteiger partial charge in [-0.1, -0.05) is 13.8 Å². The van der Waals surface area contributed by atoms with Gasteiger partial charge in [0, 0.05) is 23.7 Å². The third-order valence-electron chi connectivity index (χ3n) is 2.41. The summed E-state index contributed by atoms with van der Waals surface area (Å²) in [5.41, 5.74) is 2.22. The van der Waals surface area contributed by atoms with Crippen molar-refractivity contribution in [3.63, 3.8) is 0 Å². The van der Waals surface area contributed by atoms with Crippen molar-refractivity contribution in [1.82, 2.24) is 9.78 Å². The molecule has 0 saturated heterocycles. The first-order valence-corrected chi connectivity index (χ1v) is 6.02. The predicted octanol–water partition coefficient (Wildman–Crippen LogP) is 3.08. The molecule has 0 unspecified atom stereocenters. The summed E-state index contributed by atoms with van der Waals surface area (Å²) in [5.74, 6) is 0.387. The molecule has 0 aliphatic rings. The first-order valence-electron chi connectivity index (χ1n) is 5.20. The van der Waals surface area contributed by atoms with Crippen LogP contribution in [0.3, 0.4) is 0 Å². The summed E-state index contributed by atoms with van der Waals surface area (Å²) in [6.45, 7) is 4.25. The van der Waals surface area contributed by atoms with E-state index in [2.05, 4.69) is 18.9 Å². The predicted molar refractivity (Wildman–Crippen MR) is 66.0 cm³/mol. The Bertz CT molecular complexity index is 511. The second kappa shape index (κ2) is 4.22. The lowest BCUT2D eigenvalue weighted by Crippen LogP contribution is -1.93. The van der Waals surface area contributed by atoms with Gasteiger partial charge >= 0.3 is 0 Å². The third kappa shape index (κ3) is 1.93. The van der Waals surface area contributed by atoms with Crippen LogP contribution in [-0.2, 0) is 7.05 Å². The first-order chi connectivity index (χ1) is 7.61. The molecule has 0 fully saturated rings. The zero-order valence-corrected chi connectivity index (χ0v) is 10.4. The van der Waals surface area contributed by atoms with E-state index in [1.807, 2.05) is 30.1 Å². The number of aldehydes is 1. The van der Waals surface area contributed by atoms with Crippen LogP contribution in [0.1, 0.15) is 35.1 Å². The van der Waals surface area contributed by atoms with E-state index in [0.717, 1.165) is 27.3 Å². The highest BCUT2D eigenvalue weighted by Gasteiger charge is 2.14. The largest absolute Gasteiger partial charge is 0.297 e. The van der Waals surface area contributed by atoms with Gasteiger partial charge in [-0.15, -0.1) is 11.3 Å². The van der Waals surface area contributed by atoms with E-state index in [1.165, 1.54) is 11.3 Å². The van der Waals surface area contributed by atoms with Crippen LogP contribution in [0.25, 0.3) is 10.4 Å². The molecular formula is C12H14N2OS. The quantitative estimate of drug-likeness (QED) is 0.765. The first kappa shape index (κ1) is 11.1. The van der Waals surface area contributed by atoms with Crippen molar-refractivity contribution in [3.05, 3.63) is 28.9 Å². The van der Waals surface area contributed by atoms with Crippen molar-refractivity contribution in [2.24, 2.45) is 7.05 Å². The van der Waals surface area contributed by atoms with Gasteiger partial charge in [0.1, 0.15) is 0 Å². The van der Waals surface area contributed by atoms with Crippen LogP contribution in [0.15, 0.2) is 18.3 Å². The van der Waals surface area contributed by atoms with Gasteiger partial charge in [0.25, 0.3) is 0 Å². The number of hydrogen-bond acceptors (Lipinski definition) is 3. The fourth-order valence-electron chi connectivity index (χ4n) is 1.68. The zero-order valence-electron chi connectivity index (χ0n) is 9.60. The molecule has 2 heterocycles. The van der Waals surface area contributed by atoms with Crippen LogP contribution in [0.5, 0.6) is 0 Å². The summed E-state index contributed by atoms with van der Waals surface area (Å²) < 4.78 is 1.82. The second-order valence-corrected chi connectivity index (χ2v) is 5.19. The molecule has 0 amide bonds. The molecule has 0 saturated carbocycles. The SMILES string of the molecule is CC(C)c1nn(C)cc1-c1ccc(C=O)s1. The Morgan fingerprint density at radius 1 is 1.44 bits per heavy atom. The van der Waals surface area contributed by atoms with Gasteiger partial charge in [0.15, 0.2) is 6.29 Å². The zero-order chi connectivity index (χ0) is 11.7. The molecule has 0 bridgehead atoms. The Kier molecular flexibility index (Phi) is 2.92. The van der Waals surface area contributed by atoms with Crippen molar-refractivity contribution >= 4 is 17.6 Å². The molecular weight excluding hydrogens is 220 g/mol. The molecule has 0 spiro atoms. The topological polar surface area (TPSA) is 34.9 Å². The van der Waals surface area contributed by atoms with Gasteiger partial charge in [-0.2, -0.15) is 5.10 Å². The Labute approximate surface area is 98.7 Å². The molecule has 2 rings (SSSR count). The molecule has 0 aliphatic heterocycles. The minimum absolute atomic E-state index is 0.387. The summed E-state index contributed by atoms with van der Waals surface area (Å²) in [5, 5.41) is 4.46. The van der Waals surface area contributed by atoms with Crippen molar-refractivity contribution in [1.29, 1.82) is 0 Å². The van der Waals surface area contributed by atoms with Gasteiger partial charge < -0.3 is 0 Å². The van der Waals surface area contributed by atoms with E-state index in [4.69, 9.17) is 0 Å². The van der Waals surface area contributed by atoms with E-state index in [-0.39, 0.29) is 0 Å². The summed E-state index contributed by atoms with van der Waals surface area (Å²) in [6, 6.07) is 3.83.